The molecule has 384 valence electrons. The maximum atomic E-state index is 14.4. The molecule has 68 heavy (non-hydrogen) atoms. The van der Waals surface area contributed by atoms with Crippen molar-refractivity contribution in [2.45, 2.75) is 226 Å². The second-order valence-electron chi connectivity index (χ2n) is 20.1. The number of rotatable bonds is 23. The van der Waals surface area contributed by atoms with Gasteiger partial charge in [-0.3, -0.25) is 0 Å². The van der Waals surface area contributed by atoms with Crippen molar-refractivity contribution in [2.24, 2.45) is 17.8 Å². The topological polar surface area (TPSA) is 27.7 Å². The van der Waals surface area contributed by atoms with Crippen molar-refractivity contribution in [3.63, 3.8) is 0 Å². The third kappa shape index (κ3) is 17.8. The number of ether oxygens (including phenoxy) is 3. The Morgan fingerprint density at radius 3 is 0.941 bits per heavy atom. The second kappa shape index (κ2) is 31.8. The SMILES string of the molecule is CCCCCC1CCC(c2ccc(OCC)c(F)c2F)CC1.CCCCCC1CCC(c2ccc(OCCCC)c(F)c2F)CC1.CCCCOc1ccc(C2CCC(CCC)CC2)c(F)c1F. The first-order valence-corrected chi connectivity index (χ1v) is 27.3. The molecule has 0 heterocycles. The molecule has 3 nitrogen and oxygen atoms in total. The van der Waals surface area contributed by atoms with Gasteiger partial charge in [-0.05, 0) is 167 Å². The number of hydrogen-bond acceptors (Lipinski definition) is 3. The van der Waals surface area contributed by atoms with Crippen molar-refractivity contribution in [2.75, 3.05) is 19.8 Å². The van der Waals surface area contributed by atoms with Gasteiger partial charge in [-0.25, -0.2) is 13.2 Å². The first kappa shape index (κ1) is 57.2. The van der Waals surface area contributed by atoms with Crippen LogP contribution in [0.3, 0.4) is 0 Å². The van der Waals surface area contributed by atoms with E-state index in [2.05, 4.69) is 20.8 Å². The summed E-state index contributed by atoms with van der Waals surface area (Å²) in [5.41, 5.74) is 1.62. The average Bonchev–Trinajstić information content (AvgIpc) is 3.35. The molecule has 0 atom stereocenters. The van der Waals surface area contributed by atoms with Gasteiger partial charge in [0.15, 0.2) is 34.7 Å². The maximum Gasteiger partial charge on any atom is 0.200 e. The Hall–Kier alpha value is -3.36. The number of unbranched alkanes of at least 4 members (excludes halogenated alkanes) is 6. The largest absolute Gasteiger partial charge is 0.491 e. The highest BCUT2D eigenvalue weighted by Crippen LogP contribution is 2.43. The smallest absolute Gasteiger partial charge is 0.200 e. The van der Waals surface area contributed by atoms with Crippen LogP contribution in [0.5, 0.6) is 17.2 Å². The van der Waals surface area contributed by atoms with Gasteiger partial charge >= 0.3 is 0 Å². The molecule has 0 unspecified atom stereocenters. The predicted molar refractivity (Wildman–Crippen MR) is 268 cm³/mol. The van der Waals surface area contributed by atoms with Crippen molar-refractivity contribution in [1.82, 2.24) is 0 Å². The van der Waals surface area contributed by atoms with Crippen LogP contribution in [-0.4, -0.2) is 19.8 Å². The van der Waals surface area contributed by atoms with E-state index in [1.165, 1.54) is 64.2 Å². The van der Waals surface area contributed by atoms with Crippen molar-refractivity contribution in [3.05, 3.63) is 88.0 Å². The van der Waals surface area contributed by atoms with Crippen LogP contribution < -0.4 is 14.2 Å². The Balaban J connectivity index is 0.000000223. The zero-order chi connectivity index (χ0) is 49.3. The average molecular weight is 959 g/mol. The number of hydrogen-bond donors (Lipinski definition) is 0. The van der Waals surface area contributed by atoms with E-state index in [1.807, 2.05) is 13.8 Å². The lowest BCUT2D eigenvalue weighted by Gasteiger charge is -2.29. The van der Waals surface area contributed by atoms with Gasteiger partial charge in [0.2, 0.25) is 17.5 Å². The van der Waals surface area contributed by atoms with E-state index >= 15 is 0 Å². The molecule has 0 amide bonds. The van der Waals surface area contributed by atoms with Crippen LogP contribution >= 0.6 is 0 Å². The van der Waals surface area contributed by atoms with Crippen LogP contribution in [0.1, 0.15) is 243 Å². The molecule has 9 heteroatoms. The standard InChI is InChI=1S/C21H32F2O.2C19H28F2O/c1-3-5-7-8-16-9-11-17(12-10-16)18-13-14-19(21(23)20(18)22)24-15-6-4-2;1-3-5-6-7-14-8-10-15(11-9-14)16-12-13-17(22-4-2)19(21)18(16)20;1-3-5-13-22-17-12-11-16(18(20)19(17)21)15-9-7-14(6-4-2)8-10-15/h13-14,16-17H,3-12,15H2,1-2H3;12-15H,3-11H2,1-2H3;11-12,14-15H,3-10,13H2,1-2H3. The Bertz CT molecular complexity index is 1840. The van der Waals surface area contributed by atoms with E-state index in [0.29, 0.717) is 36.5 Å². The van der Waals surface area contributed by atoms with Gasteiger partial charge in [0.05, 0.1) is 19.8 Å². The molecule has 0 spiro atoms. The molecule has 6 rings (SSSR count). The van der Waals surface area contributed by atoms with Crippen LogP contribution in [0.4, 0.5) is 26.3 Å². The minimum absolute atomic E-state index is 0.0250. The minimum Gasteiger partial charge on any atom is -0.491 e. The summed E-state index contributed by atoms with van der Waals surface area (Å²) in [7, 11) is 0. The Labute approximate surface area is 408 Å². The summed E-state index contributed by atoms with van der Waals surface area (Å²) in [6.07, 6.45) is 29.1. The summed E-state index contributed by atoms with van der Waals surface area (Å²) in [4.78, 5) is 0. The van der Waals surface area contributed by atoms with Gasteiger partial charge in [0.25, 0.3) is 0 Å². The summed E-state index contributed by atoms with van der Waals surface area (Å²) < 4.78 is 101. The lowest BCUT2D eigenvalue weighted by molar-refractivity contribution is 0.282. The third-order valence-electron chi connectivity index (χ3n) is 15.0. The highest BCUT2D eigenvalue weighted by molar-refractivity contribution is 5.35. The summed E-state index contributed by atoms with van der Waals surface area (Å²) >= 11 is 0. The monoisotopic (exact) mass is 959 g/mol. The Kier molecular flexibility index (Phi) is 26.7. The Morgan fingerprint density at radius 2 is 0.647 bits per heavy atom. The summed E-state index contributed by atoms with van der Waals surface area (Å²) in [6.45, 7) is 13.7. The lowest BCUT2D eigenvalue weighted by Crippen LogP contribution is -2.15. The summed E-state index contributed by atoms with van der Waals surface area (Å²) in [5.74, 6) is -1.63. The van der Waals surface area contributed by atoms with Crippen LogP contribution in [-0.2, 0) is 0 Å². The van der Waals surface area contributed by atoms with E-state index in [9.17, 15) is 26.3 Å². The van der Waals surface area contributed by atoms with Crippen molar-refractivity contribution < 1.29 is 40.6 Å². The van der Waals surface area contributed by atoms with Crippen LogP contribution in [0, 0.1) is 52.7 Å². The molecule has 3 fully saturated rings. The second-order valence-corrected chi connectivity index (χ2v) is 20.1. The van der Waals surface area contributed by atoms with Gasteiger partial charge < -0.3 is 14.2 Å². The molecular weight excluding hydrogens is 871 g/mol. The zero-order valence-electron chi connectivity index (χ0n) is 42.9. The van der Waals surface area contributed by atoms with E-state index in [-0.39, 0.29) is 35.0 Å². The molecule has 0 bridgehead atoms. The van der Waals surface area contributed by atoms with Crippen LogP contribution in [0.2, 0.25) is 0 Å². The zero-order valence-corrected chi connectivity index (χ0v) is 42.9. The highest BCUT2D eigenvalue weighted by Gasteiger charge is 2.29. The first-order chi connectivity index (χ1) is 33.0. The van der Waals surface area contributed by atoms with Gasteiger partial charge in [-0.15, -0.1) is 0 Å². The van der Waals surface area contributed by atoms with Crippen molar-refractivity contribution in [3.8, 4) is 17.2 Å². The quantitative estimate of drug-likeness (QED) is 0.0700. The van der Waals surface area contributed by atoms with E-state index in [4.69, 9.17) is 14.2 Å². The predicted octanol–water partition coefficient (Wildman–Crippen LogP) is 19.4. The molecule has 3 saturated carbocycles. The summed E-state index contributed by atoms with van der Waals surface area (Å²) in [5, 5.41) is 0. The molecular formula is C59H88F6O3. The normalized spacial score (nSPS) is 21.5. The molecule has 3 aromatic carbocycles. The number of halogens is 6. The van der Waals surface area contributed by atoms with Crippen molar-refractivity contribution >= 4 is 0 Å². The molecule has 3 aliphatic rings. The fourth-order valence-electron chi connectivity index (χ4n) is 10.8. The molecule has 0 N–H and O–H groups in total. The lowest BCUT2D eigenvalue weighted by atomic mass is 9.77. The third-order valence-corrected chi connectivity index (χ3v) is 15.0. The minimum atomic E-state index is -0.829. The van der Waals surface area contributed by atoms with Crippen LogP contribution in [0.25, 0.3) is 0 Å². The van der Waals surface area contributed by atoms with Gasteiger partial charge in [-0.1, -0.05) is 130 Å². The molecule has 0 radical (unpaired) electrons. The Morgan fingerprint density at radius 1 is 0.338 bits per heavy atom. The summed E-state index contributed by atoms with van der Waals surface area (Å²) in [6, 6.07) is 9.96. The van der Waals surface area contributed by atoms with E-state index in [0.717, 1.165) is 120 Å². The van der Waals surface area contributed by atoms with Gasteiger partial charge in [0, 0.05) is 0 Å². The van der Waals surface area contributed by atoms with E-state index < -0.39 is 34.9 Å². The molecule has 0 saturated heterocycles. The fourth-order valence-corrected chi connectivity index (χ4v) is 10.8. The number of benzene rings is 3. The van der Waals surface area contributed by atoms with E-state index in [1.54, 1.807) is 43.3 Å². The van der Waals surface area contributed by atoms with Crippen LogP contribution in [0.15, 0.2) is 36.4 Å². The molecule has 0 aliphatic heterocycles. The molecule has 0 aromatic heterocycles. The molecule has 3 aromatic rings. The highest BCUT2D eigenvalue weighted by atomic mass is 19.2. The fraction of sp³-hybridized carbons (Fsp3) is 0.695. The van der Waals surface area contributed by atoms with Gasteiger partial charge in [0.1, 0.15) is 0 Å². The van der Waals surface area contributed by atoms with Crippen molar-refractivity contribution in [1.29, 1.82) is 0 Å². The van der Waals surface area contributed by atoms with Gasteiger partial charge in [-0.2, -0.15) is 13.2 Å². The molecule has 3 aliphatic carbocycles. The first-order valence-electron chi connectivity index (χ1n) is 27.3. The maximum absolute atomic E-state index is 14.4.